The van der Waals surface area contributed by atoms with Crippen LogP contribution in [0.5, 0.6) is 0 Å². The number of rotatable bonds is 11. The zero-order chi connectivity index (χ0) is 21.3. The maximum absolute atomic E-state index is 12.4. The van der Waals surface area contributed by atoms with E-state index in [0.717, 1.165) is 19.3 Å². The summed E-state index contributed by atoms with van der Waals surface area (Å²) in [6, 6.07) is 8.97. The van der Waals surface area contributed by atoms with Crippen LogP contribution in [-0.4, -0.2) is 39.1 Å². The van der Waals surface area contributed by atoms with Crippen LogP contribution in [0.15, 0.2) is 53.7 Å². The predicted molar refractivity (Wildman–Crippen MR) is 113 cm³/mol. The maximum Gasteiger partial charge on any atom is 0.261 e. The molecule has 2 N–H and O–H groups in total. The van der Waals surface area contributed by atoms with Gasteiger partial charge in [0.15, 0.2) is 0 Å². The van der Waals surface area contributed by atoms with Gasteiger partial charge in [-0.1, -0.05) is 26.7 Å². The topological polar surface area (TPSA) is 97.4 Å². The zero-order valence-corrected chi connectivity index (χ0v) is 17.9. The molecule has 0 aliphatic carbocycles. The molecule has 2 aromatic rings. The first kappa shape index (κ1) is 22.8. The summed E-state index contributed by atoms with van der Waals surface area (Å²) in [5, 5.41) is 2.87. The molecule has 158 valence electrons. The summed E-state index contributed by atoms with van der Waals surface area (Å²) < 4.78 is 32.9. The first-order chi connectivity index (χ1) is 13.9. The van der Waals surface area contributed by atoms with Gasteiger partial charge in [0, 0.05) is 31.6 Å². The molecule has 7 nitrogen and oxygen atoms in total. The third kappa shape index (κ3) is 6.54. The number of aromatic nitrogens is 1. The van der Waals surface area contributed by atoms with Crippen LogP contribution in [0.4, 0.5) is 5.69 Å². The van der Waals surface area contributed by atoms with Gasteiger partial charge in [-0.05, 0) is 48.7 Å². The number of sulfonamides is 1. The van der Waals surface area contributed by atoms with Crippen molar-refractivity contribution in [3.63, 3.8) is 0 Å². The smallest absolute Gasteiger partial charge is 0.261 e. The lowest BCUT2D eigenvalue weighted by Gasteiger charge is -2.24. The van der Waals surface area contributed by atoms with Crippen molar-refractivity contribution in [2.45, 2.75) is 44.1 Å². The van der Waals surface area contributed by atoms with Gasteiger partial charge in [0.2, 0.25) is 0 Å². The summed E-state index contributed by atoms with van der Waals surface area (Å²) in [5.74, 6) is 0.227. The molecule has 1 amide bonds. The molecule has 0 fully saturated rings. The van der Waals surface area contributed by atoms with Crippen molar-refractivity contribution in [3.8, 4) is 0 Å². The van der Waals surface area contributed by atoms with Gasteiger partial charge in [0.25, 0.3) is 15.9 Å². The largest absolute Gasteiger partial charge is 0.381 e. The van der Waals surface area contributed by atoms with Gasteiger partial charge in [-0.2, -0.15) is 0 Å². The minimum Gasteiger partial charge on any atom is -0.381 e. The second-order valence-electron chi connectivity index (χ2n) is 6.76. The van der Waals surface area contributed by atoms with Crippen LogP contribution in [0.2, 0.25) is 0 Å². The molecule has 29 heavy (non-hydrogen) atoms. The highest BCUT2D eigenvalue weighted by molar-refractivity contribution is 7.92. The summed E-state index contributed by atoms with van der Waals surface area (Å²) in [6.07, 6.45) is 5.91. The molecular formula is C21H29N3O4S. The van der Waals surface area contributed by atoms with Gasteiger partial charge in [0.1, 0.15) is 0 Å². The quantitative estimate of drug-likeness (QED) is 0.581. The molecule has 0 saturated heterocycles. The summed E-state index contributed by atoms with van der Waals surface area (Å²) in [4.78, 5) is 16.3. The van der Waals surface area contributed by atoms with Crippen molar-refractivity contribution in [1.82, 2.24) is 10.3 Å². The number of carbonyl (C=O) groups is 1. The molecule has 1 atom stereocenters. The van der Waals surface area contributed by atoms with E-state index in [-0.39, 0.29) is 16.9 Å². The number of hydrogen-bond donors (Lipinski definition) is 2. The SMILES string of the molecule is CCC(CC)[C@H](CCNC(=O)c1ccc(S(=O)(=O)Nc2ccncc2)cc1)OC. The third-order valence-electron chi connectivity index (χ3n) is 4.95. The molecule has 1 heterocycles. The van der Waals surface area contributed by atoms with Crippen LogP contribution in [0.1, 0.15) is 43.5 Å². The number of pyridine rings is 1. The molecular weight excluding hydrogens is 390 g/mol. The van der Waals surface area contributed by atoms with E-state index in [4.69, 9.17) is 4.74 Å². The van der Waals surface area contributed by atoms with Gasteiger partial charge in [-0.15, -0.1) is 0 Å². The first-order valence-electron chi connectivity index (χ1n) is 9.75. The van der Waals surface area contributed by atoms with Crippen LogP contribution in [0.25, 0.3) is 0 Å². The van der Waals surface area contributed by atoms with Gasteiger partial charge in [-0.25, -0.2) is 8.42 Å². The Morgan fingerprint density at radius 3 is 2.24 bits per heavy atom. The normalized spacial score (nSPS) is 12.6. The molecule has 2 rings (SSSR count). The molecule has 0 radical (unpaired) electrons. The number of ether oxygens (including phenoxy) is 1. The van der Waals surface area contributed by atoms with Gasteiger partial charge >= 0.3 is 0 Å². The second kappa shape index (κ2) is 10.9. The highest BCUT2D eigenvalue weighted by Crippen LogP contribution is 2.19. The second-order valence-corrected chi connectivity index (χ2v) is 8.44. The minimum atomic E-state index is -3.73. The van der Waals surface area contributed by atoms with Crippen molar-refractivity contribution < 1.29 is 17.9 Å². The molecule has 1 aromatic carbocycles. The highest BCUT2D eigenvalue weighted by atomic mass is 32.2. The van der Waals surface area contributed by atoms with E-state index >= 15 is 0 Å². The summed E-state index contributed by atoms with van der Waals surface area (Å²) in [6.45, 7) is 4.77. The van der Waals surface area contributed by atoms with E-state index < -0.39 is 10.0 Å². The van der Waals surface area contributed by atoms with E-state index in [2.05, 4.69) is 28.9 Å². The van der Waals surface area contributed by atoms with Crippen molar-refractivity contribution in [2.24, 2.45) is 5.92 Å². The molecule has 0 aliphatic heterocycles. The van der Waals surface area contributed by atoms with Gasteiger partial charge in [-0.3, -0.25) is 14.5 Å². The van der Waals surface area contributed by atoms with Crippen LogP contribution in [-0.2, 0) is 14.8 Å². The third-order valence-corrected chi connectivity index (χ3v) is 6.35. The van der Waals surface area contributed by atoms with E-state index in [1.54, 1.807) is 19.2 Å². The summed E-state index contributed by atoms with van der Waals surface area (Å²) >= 11 is 0. The fourth-order valence-electron chi connectivity index (χ4n) is 3.21. The molecule has 0 spiro atoms. The highest BCUT2D eigenvalue weighted by Gasteiger charge is 2.18. The van der Waals surface area contributed by atoms with E-state index in [0.29, 0.717) is 23.7 Å². The molecule has 0 bridgehead atoms. The minimum absolute atomic E-state index is 0.0824. The fraction of sp³-hybridized carbons (Fsp3) is 0.429. The Balaban J connectivity index is 1.94. The lowest BCUT2D eigenvalue weighted by molar-refractivity contribution is 0.0420. The van der Waals surface area contributed by atoms with Gasteiger partial charge in [0.05, 0.1) is 16.7 Å². The number of benzene rings is 1. The van der Waals surface area contributed by atoms with E-state index in [9.17, 15) is 13.2 Å². The van der Waals surface area contributed by atoms with Crippen LogP contribution in [0.3, 0.4) is 0 Å². The number of carbonyl (C=O) groups excluding carboxylic acids is 1. The van der Waals surface area contributed by atoms with E-state index in [1.807, 2.05) is 0 Å². The standard InChI is InChI=1S/C21H29N3O4S/c1-4-16(5-2)20(28-3)12-15-23-21(25)17-6-8-19(9-7-17)29(26,27)24-18-10-13-22-14-11-18/h6-11,13-14,16,20H,4-5,12,15H2,1-3H3,(H,22,24)(H,23,25)/t20-/m0/s1. The number of nitrogens with one attached hydrogen (secondary N) is 2. The fourth-order valence-corrected chi connectivity index (χ4v) is 4.27. The molecule has 8 heteroatoms. The van der Waals surface area contributed by atoms with Crippen molar-refractivity contribution in [1.29, 1.82) is 0 Å². The Morgan fingerprint density at radius 2 is 1.69 bits per heavy atom. The molecule has 1 aromatic heterocycles. The number of anilines is 1. The predicted octanol–water partition coefficient (Wildman–Crippen LogP) is 3.45. The number of hydrogen-bond acceptors (Lipinski definition) is 5. The molecule has 0 aliphatic rings. The molecule has 0 unspecified atom stereocenters. The van der Waals surface area contributed by atoms with Crippen molar-refractivity contribution >= 4 is 21.6 Å². The maximum atomic E-state index is 12.4. The van der Waals surface area contributed by atoms with Crippen LogP contribution >= 0.6 is 0 Å². The Kier molecular flexibility index (Phi) is 8.60. The zero-order valence-electron chi connectivity index (χ0n) is 17.1. The average molecular weight is 420 g/mol. The van der Waals surface area contributed by atoms with Crippen molar-refractivity contribution in [3.05, 3.63) is 54.4 Å². The Bertz CT molecular complexity index is 867. The van der Waals surface area contributed by atoms with Crippen LogP contribution < -0.4 is 10.0 Å². The Morgan fingerprint density at radius 1 is 1.07 bits per heavy atom. The van der Waals surface area contributed by atoms with Gasteiger partial charge < -0.3 is 10.1 Å². The number of nitrogens with zero attached hydrogens (tertiary/aromatic N) is 1. The first-order valence-corrected chi connectivity index (χ1v) is 11.2. The van der Waals surface area contributed by atoms with E-state index in [1.165, 1.54) is 36.7 Å². The summed E-state index contributed by atoms with van der Waals surface area (Å²) in [7, 11) is -2.03. The van der Waals surface area contributed by atoms with Crippen molar-refractivity contribution in [2.75, 3.05) is 18.4 Å². The Labute approximate surface area is 172 Å². The monoisotopic (exact) mass is 419 g/mol. The summed E-state index contributed by atoms with van der Waals surface area (Å²) in [5.41, 5.74) is 0.830. The lowest BCUT2D eigenvalue weighted by atomic mass is 9.94. The average Bonchev–Trinajstić information content (AvgIpc) is 2.73. The number of amides is 1. The Hall–Kier alpha value is -2.45. The molecule has 0 saturated carbocycles. The number of methoxy groups -OCH3 is 1. The van der Waals surface area contributed by atoms with Crippen LogP contribution in [0, 0.1) is 5.92 Å². The lowest BCUT2D eigenvalue weighted by Crippen LogP contribution is -2.30.